The van der Waals surface area contributed by atoms with Crippen molar-refractivity contribution in [3.05, 3.63) is 24.5 Å². The molecule has 0 aliphatic heterocycles. The van der Waals surface area contributed by atoms with E-state index in [1.54, 1.807) is 17.3 Å². The van der Waals surface area contributed by atoms with Crippen LogP contribution >= 0.6 is 24.8 Å². The SMILES string of the molecule is CN(C(=S)S)c1ccncc1. The van der Waals surface area contributed by atoms with Gasteiger partial charge < -0.3 is 4.90 Å². The summed E-state index contributed by atoms with van der Waals surface area (Å²) in [4.78, 5) is 5.70. The summed E-state index contributed by atoms with van der Waals surface area (Å²) in [5, 5.41) is 0. The van der Waals surface area contributed by atoms with Crippen LogP contribution in [0.2, 0.25) is 0 Å². The lowest BCUT2D eigenvalue weighted by Gasteiger charge is -2.15. The number of hydrogen-bond acceptors (Lipinski definition) is 2. The smallest absolute Gasteiger partial charge is 0.137 e. The van der Waals surface area contributed by atoms with Crippen LogP contribution in [0.15, 0.2) is 24.5 Å². The van der Waals surface area contributed by atoms with E-state index in [-0.39, 0.29) is 0 Å². The number of thiocarbonyl (C=S) groups is 1. The molecule has 58 valence electrons. The Hall–Kier alpha value is -0.610. The van der Waals surface area contributed by atoms with Crippen LogP contribution in [-0.2, 0) is 0 Å². The number of thiol groups is 1. The van der Waals surface area contributed by atoms with Crippen LogP contribution in [0.25, 0.3) is 0 Å². The van der Waals surface area contributed by atoms with Gasteiger partial charge in [0.2, 0.25) is 0 Å². The van der Waals surface area contributed by atoms with Crippen molar-refractivity contribution in [2.45, 2.75) is 0 Å². The average Bonchev–Trinajstić information content (AvgIpc) is 2.05. The summed E-state index contributed by atoms with van der Waals surface area (Å²) in [5.41, 5.74) is 1.00. The van der Waals surface area contributed by atoms with Crippen LogP contribution in [0.1, 0.15) is 0 Å². The van der Waals surface area contributed by atoms with Gasteiger partial charge in [0.05, 0.1) is 0 Å². The molecule has 4 heteroatoms. The molecule has 0 aliphatic rings. The van der Waals surface area contributed by atoms with Gasteiger partial charge in [0.25, 0.3) is 0 Å². The van der Waals surface area contributed by atoms with Crippen LogP contribution in [0, 0.1) is 0 Å². The highest BCUT2D eigenvalue weighted by Gasteiger charge is 2.00. The van der Waals surface area contributed by atoms with E-state index in [9.17, 15) is 0 Å². The average molecular weight is 184 g/mol. The van der Waals surface area contributed by atoms with Gasteiger partial charge >= 0.3 is 0 Å². The first-order valence-corrected chi connectivity index (χ1v) is 3.94. The zero-order valence-electron chi connectivity index (χ0n) is 6.06. The molecular formula is C7H8N2S2. The lowest BCUT2D eigenvalue weighted by atomic mass is 10.4. The highest BCUT2D eigenvalue weighted by Crippen LogP contribution is 2.11. The van der Waals surface area contributed by atoms with Gasteiger partial charge in [-0.25, -0.2) is 0 Å². The highest BCUT2D eigenvalue weighted by atomic mass is 32.1. The third kappa shape index (κ3) is 2.17. The van der Waals surface area contributed by atoms with E-state index in [0.717, 1.165) is 5.69 Å². The first-order chi connectivity index (χ1) is 5.22. The molecule has 0 saturated carbocycles. The summed E-state index contributed by atoms with van der Waals surface area (Å²) in [6.07, 6.45) is 3.44. The minimum atomic E-state index is 0.552. The predicted molar refractivity (Wildman–Crippen MR) is 54.2 cm³/mol. The molecule has 0 atom stereocenters. The van der Waals surface area contributed by atoms with Gasteiger partial charge in [-0.2, -0.15) is 0 Å². The number of aromatic nitrogens is 1. The molecule has 0 N–H and O–H groups in total. The molecule has 1 rings (SSSR count). The maximum Gasteiger partial charge on any atom is 0.137 e. The highest BCUT2D eigenvalue weighted by molar-refractivity contribution is 8.11. The van der Waals surface area contributed by atoms with E-state index in [0.29, 0.717) is 4.32 Å². The molecule has 1 aromatic rings. The Kier molecular flexibility index (Phi) is 2.84. The van der Waals surface area contributed by atoms with Crippen molar-refractivity contribution >= 4 is 34.9 Å². The van der Waals surface area contributed by atoms with E-state index < -0.39 is 0 Å². The van der Waals surface area contributed by atoms with E-state index in [1.165, 1.54) is 0 Å². The molecule has 11 heavy (non-hydrogen) atoms. The number of anilines is 1. The van der Waals surface area contributed by atoms with Crippen molar-refractivity contribution in [1.82, 2.24) is 4.98 Å². The van der Waals surface area contributed by atoms with Gasteiger partial charge in [0, 0.05) is 25.1 Å². The molecule has 0 aromatic carbocycles. The van der Waals surface area contributed by atoms with Gasteiger partial charge in [-0.3, -0.25) is 4.98 Å². The van der Waals surface area contributed by atoms with Crippen molar-refractivity contribution in [2.75, 3.05) is 11.9 Å². The first-order valence-electron chi connectivity index (χ1n) is 3.08. The lowest BCUT2D eigenvalue weighted by molar-refractivity contribution is 1.26. The summed E-state index contributed by atoms with van der Waals surface area (Å²) >= 11 is 8.91. The standard InChI is InChI=1S/C7H8N2S2/c1-9(7(10)11)6-2-4-8-5-3-6/h2-5H,1H3,(H,10,11). The number of nitrogens with zero attached hydrogens (tertiary/aromatic N) is 2. The van der Waals surface area contributed by atoms with Gasteiger partial charge in [-0.05, 0) is 12.1 Å². The summed E-state index contributed by atoms with van der Waals surface area (Å²) < 4.78 is 0.552. The maximum atomic E-state index is 4.87. The van der Waals surface area contributed by atoms with Crippen LogP contribution in [0.3, 0.4) is 0 Å². The largest absolute Gasteiger partial charge is 0.330 e. The third-order valence-electron chi connectivity index (χ3n) is 1.34. The molecule has 0 amide bonds. The zero-order chi connectivity index (χ0) is 8.27. The molecule has 0 spiro atoms. The molecular weight excluding hydrogens is 176 g/mol. The Morgan fingerprint density at radius 1 is 1.55 bits per heavy atom. The van der Waals surface area contributed by atoms with Crippen LogP contribution < -0.4 is 4.90 Å². The number of rotatable bonds is 1. The van der Waals surface area contributed by atoms with Gasteiger partial charge in [0.1, 0.15) is 4.32 Å². The van der Waals surface area contributed by atoms with Crippen molar-refractivity contribution in [2.24, 2.45) is 0 Å². The monoisotopic (exact) mass is 184 g/mol. The molecule has 1 heterocycles. The fraction of sp³-hybridized carbons (Fsp3) is 0.143. The Morgan fingerprint density at radius 2 is 2.09 bits per heavy atom. The van der Waals surface area contributed by atoms with Crippen molar-refractivity contribution in [1.29, 1.82) is 0 Å². The van der Waals surface area contributed by atoms with Crippen LogP contribution in [-0.4, -0.2) is 16.4 Å². The molecule has 0 saturated heterocycles. The normalized spacial score (nSPS) is 9.27. The second-order valence-corrected chi connectivity index (χ2v) is 3.16. The predicted octanol–water partition coefficient (Wildman–Crippen LogP) is 1.73. The van der Waals surface area contributed by atoms with Crippen LogP contribution in [0.5, 0.6) is 0 Å². The Morgan fingerprint density at radius 3 is 2.55 bits per heavy atom. The first kappa shape index (κ1) is 8.49. The molecule has 0 radical (unpaired) electrons. The quantitative estimate of drug-likeness (QED) is 0.529. The minimum Gasteiger partial charge on any atom is -0.330 e. The Bertz CT molecular complexity index is 248. The lowest BCUT2D eigenvalue weighted by Crippen LogP contribution is -2.19. The van der Waals surface area contributed by atoms with Crippen molar-refractivity contribution in [3.8, 4) is 0 Å². The van der Waals surface area contributed by atoms with E-state index in [2.05, 4.69) is 17.6 Å². The fourth-order valence-corrected chi connectivity index (χ4v) is 0.899. The summed E-state index contributed by atoms with van der Waals surface area (Å²) in [6.45, 7) is 0. The summed E-state index contributed by atoms with van der Waals surface area (Å²) in [5.74, 6) is 0. The van der Waals surface area contributed by atoms with Gasteiger partial charge in [-0.1, -0.05) is 12.2 Å². The minimum absolute atomic E-state index is 0.552. The van der Waals surface area contributed by atoms with E-state index >= 15 is 0 Å². The third-order valence-corrected chi connectivity index (χ3v) is 1.91. The molecule has 0 bridgehead atoms. The fourth-order valence-electron chi connectivity index (χ4n) is 0.678. The second-order valence-electron chi connectivity index (χ2n) is 2.05. The number of hydrogen-bond donors (Lipinski definition) is 1. The molecule has 0 unspecified atom stereocenters. The summed E-state index contributed by atoms with van der Waals surface area (Å²) in [6, 6.07) is 3.76. The van der Waals surface area contributed by atoms with Crippen molar-refractivity contribution in [3.63, 3.8) is 0 Å². The Labute approximate surface area is 76.7 Å². The molecule has 0 aliphatic carbocycles. The topological polar surface area (TPSA) is 16.1 Å². The van der Waals surface area contributed by atoms with Crippen molar-refractivity contribution < 1.29 is 0 Å². The Balaban J connectivity index is 2.85. The van der Waals surface area contributed by atoms with Crippen LogP contribution in [0.4, 0.5) is 5.69 Å². The second kappa shape index (κ2) is 3.69. The molecule has 1 aromatic heterocycles. The molecule has 2 nitrogen and oxygen atoms in total. The van der Waals surface area contributed by atoms with Gasteiger partial charge in [0.15, 0.2) is 0 Å². The van der Waals surface area contributed by atoms with E-state index in [1.807, 2.05) is 19.2 Å². The summed E-state index contributed by atoms with van der Waals surface area (Å²) in [7, 11) is 1.87. The molecule has 0 fully saturated rings. The van der Waals surface area contributed by atoms with E-state index in [4.69, 9.17) is 12.2 Å². The number of pyridine rings is 1. The maximum absolute atomic E-state index is 4.87. The van der Waals surface area contributed by atoms with Gasteiger partial charge in [-0.15, -0.1) is 12.6 Å². The zero-order valence-corrected chi connectivity index (χ0v) is 7.77.